The fourth-order valence-corrected chi connectivity index (χ4v) is 3.38. The van der Waals surface area contributed by atoms with Crippen LogP contribution in [-0.4, -0.2) is 50.1 Å². The fraction of sp³-hybridized carbons (Fsp3) is 0.381. The molecule has 5 nitrogen and oxygen atoms in total. The molecule has 2 aromatic rings. The zero-order valence-electron chi connectivity index (χ0n) is 15.7. The topological polar surface area (TPSA) is 44.8 Å². The first-order chi connectivity index (χ1) is 12.6. The number of anilines is 2. The number of hydrogen-bond donors (Lipinski definition) is 1. The molecule has 1 fully saturated rings. The second-order valence-electron chi connectivity index (χ2n) is 6.71. The van der Waals surface area contributed by atoms with E-state index in [9.17, 15) is 4.79 Å². The van der Waals surface area contributed by atoms with Crippen LogP contribution in [-0.2, 0) is 4.79 Å². The molecule has 0 unspecified atom stereocenters. The summed E-state index contributed by atoms with van der Waals surface area (Å²) < 4.78 is 5.21. The van der Waals surface area contributed by atoms with Crippen LogP contribution in [0, 0.1) is 6.92 Å². The minimum absolute atomic E-state index is 0.0163. The lowest BCUT2D eigenvalue weighted by Crippen LogP contribution is -2.53. The molecule has 1 N–H and O–H groups in total. The van der Waals surface area contributed by atoms with Crippen molar-refractivity contribution in [2.45, 2.75) is 19.9 Å². The van der Waals surface area contributed by atoms with Crippen molar-refractivity contribution in [1.29, 1.82) is 0 Å². The van der Waals surface area contributed by atoms with Crippen LogP contribution in [0.3, 0.4) is 0 Å². The highest BCUT2D eigenvalue weighted by atomic mass is 16.5. The number of amides is 1. The predicted octanol–water partition coefficient (Wildman–Crippen LogP) is 3.15. The monoisotopic (exact) mass is 353 g/mol. The lowest BCUT2D eigenvalue weighted by molar-refractivity contribution is -0.120. The molecule has 0 bridgehead atoms. The lowest BCUT2D eigenvalue weighted by atomic mass is 10.1. The van der Waals surface area contributed by atoms with Gasteiger partial charge < -0.3 is 15.0 Å². The summed E-state index contributed by atoms with van der Waals surface area (Å²) in [4.78, 5) is 17.3. The van der Waals surface area contributed by atoms with Crippen molar-refractivity contribution >= 4 is 17.3 Å². The van der Waals surface area contributed by atoms with E-state index in [0.717, 1.165) is 37.6 Å². The Bertz CT molecular complexity index is 754. The van der Waals surface area contributed by atoms with E-state index in [-0.39, 0.29) is 11.9 Å². The van der Waals surface area contributed by atoms with Crippen molar-refractivity contribution in [3.8, 4) is 5.75 Å². The van der Waals surface area contributed by atoms with Gasteiger partial charge in [0, 0.05) is 43.6 Å². The molecule has 2 aromatic carbocycles. The van der Waals surface area contributed by atoms with Gasteiger partial charge in [-0.05, 0) is 37.6 Å². The molecular weight excluding hydrogens is 326 g/mol. The maximum atomic E-state index is 12.6. The molecule has 0 aromatic heterocycles. The van der Waals surface area contributed by atoms with Crippen LogP contribution in [0.1, 0.15) is 12.5 Å². The van der Waals surface area contributed by atoms with Crippen LogP contribution in [0.15, 0.2) is 48.5 Å². The van der Waals surface area contributed by atoms with Crippen LogP contribution in [0.4, 0.5) is 11.4 Å². The number of ether oxygens (including phenoxy) is 1. The first kappa shape index (κ1) is 18.3. The van der Waals surface area contributed by atoms with Crippen molar-refractivity contribution in [3.63, 3.8) is 0 Å². The van der Waals surface area contributed by atoms with Crippen molar-refractivity contribution in [3.05, 3.63) is 54.1 Å². The molecule has 5 heteroatoms. The van der Waals surface area contributed by atoms with Gasteiger partial charge >= 0.3 is 0 Å². The van der Waals surface area contributed by atoms with Crippen molar-refractivity contribution in [1.82, 2.24) is 4.90 Å². The Kier molecular flexibility index (Phi) is 5.78. The van der Waals surface area contributed by atoms with Crippen molar-refractivity contribution in [2.75, 3.05) is 43.5 Å². The van der Waals surface area contributed by atoms with Crippen LogP contribution >= 0.6 is 0 Å². The molecule has 0 aliphatic carbocycles. The van der Waals surface area contributed by atoms with Gasteiger partial charge in [-0.25, -0.2) is 0 Å². The average Bonchev–Trinajstić information content (AvgIpc) is 2.68. The standard InChI is InChI=1S/C21H27N3O2/c1-16-7-4-5-10-20(16)24-13-11-23(12-14-24)17(2)21(25)22-18-8-6-9-19(15-18)26-3/h4-10,15,17H,11-14H2,1-3H3,(H,22,25)/t17-/m1/s1. The van der Waals surface area contributed by atoms with Gasteiger partial charge in [0.1, 0.15) is 5.75 Å². The van der Waals surface area contributed by atoms with E-state index in [1.165, 1.54) is 11.3 Å². The van der Waals surface area contributed by atoms with E-state index in [1.54, 1.807) is 7.11 Å². The first-order valence-corrected chi connectivity index (χ1v) is 9.08. The second-order valence-corrected chi connectivity index (χ2v) is 6.71. The second kappa shape index (κ2) is 8.23. The third-order valence-electron chi connectivity index (χ3n) is 5.03. The summed E-state index contributed by atoms with van der Waals surface area (Å²) in [5.74, 6) is 0.755. The maximum Gasteiger partial charge on any atom is 0.241 e. The highest BCUT2D eigenvalue weighted by Crippen LogP contribution is 2.22. The summed E-state index contributed by atoms with van der Waals surface area (Å²) in [6.07, 6.45) is 0. The number of aryl methyl sites for hydroxylation is 1. The van der Waals surface area contributed by atoms with E-state index in [1.807, 2.05) is 31.2 Å². The molecule has 3 rings (SSSR count). The van der Waals surface area contributed by atoms with Gasteiger partial charge in [0.25, 0.3) is 0 Å². The highest BCUT2D eigenvalue weighted by Gasteiger charge is 2.26. The summed E-state index contributed by atoms with van der Waals surface area (Å²) in [5.41, 5.74) is 3.35. The van der Waals surface area contributed by atoms with Gasteiger partial charge in [-0.1, -0.05) is 24.3 Å². The largest absolute Gasteiger partial charge is 0.497 e. The molecule has 1 saturated heterocycles. The minimum Gasteiger partial charge on any atom is -0.497 e. The zero-order valence-corrected chi connectivity index (χ0v) is 15.7. The molecule has 1 atom stereocenters. The van der Waals surface area contributed by atoms with Gasteiger partial charge in [0.15, 0.2) is 0 Å². The van der Waals surface area contributed by atoms with Crippen molar-refractivity contribution in [2.24, 2.45) is 0 Å². The third kappa shape index (κ3) is 4.17. The summed E-state index contributed by atoms with van der Waals surface area (Å²) in [6.45, 7) is 7.73. The lowest BCUT2D eigenvalue weighted by Gasteiger charge is -2.39. The van der Waals surface area contributed by atoms with Crippen LogP contribution in [0.2, 0.25) is 0 Å². The quantitative estimate of drug-likeness (QED) is 0.897. The number of benzene rings is 2. The van der Waals surface area contributed by atoms with Crippen LogP contribution < -0.4 is 15.0 Å². The molecule has 1 heterocycles. The molecule has 1 amide bonds. The minimum atomic E-state index is -0.166. The molecule has 1 aliphatic rings. The van der Waals surface area contributed by atoms with Gasteiger partial charge in [-0.2, -0.15) is 0 Å². The summed E-state index contributed by atoms with van der Waals surface area (Å²) in [6, 6.07) is 15.8. The molecular formula is C21H27N3O2. The number of carbonyl (C=O) groups is 1. The normalized spacial score (nSPS) is 16.2. The molecule has 0 spiro atoms. The number of piperazine rings is 1. The first-order valence-electron chi connectivity index (χ1n) is 9.08. The Morgan fingerprint density at radius 2 is 1.81 bits per heavy atom. The van der Waals surface area contributed by atoms with E-state index in [0.29, 0.717) is 0 Å². The van der Waals surface area contributed by atoms with Crippen LogP contribution in [0.25, 0.3) is 0 Å². The predicted molar refractivity (Wildman–Crippen MR) is 106 cm³/mol. The number of hydrogen-bond acceptors (Lipinski definition) is 4. The third-order valence-corrected chi connectivity index (χ3v) is 5.03. The molecule has 1 aliphatic heterocycles. The Labute approximate surface area is 155 Å². The highest BCUT2D eigenvalue weighted by molar-refractivity contribution is 5.94. The molecule has 0 saturated carbocycles. The SMILES string of the molecule is COc1cccc(NC(=O)[C@@H](C)N2CCN(c3ccccc3C)CC2)c1. The Balaban J connectivity index is 1.56. The van der Waals surface area contributed by atoms with Gasteiger partial charge in [-0.15, -0.1) is 0 Å². The van der Waals surface area contributed by atoms with Gasteiger partial charge in [0.05, 0.1) is 13.2 Å². The zero-order chi connectivity index (χ0) is 18.5. The average molecular weight is 353 g/mol. The summed E-state index contributed by atoms with van der Waals surface area (Å²) >= 11 is 0. The number of para-hydroxylation sites is 1. The Morgan fingerprint density at radius 1 is 1.08 bits per heavy atom. The number of nitrogens with one attached hydrogen (secondary N) is 1. The van der Waals surface area contributed by atoms with E-state index in [4.69, 9.17) is 4.74 Å². The number of nitrogens with zero attached hydrogens (tertiary/aromatic N) is 2. The van der Waals surface area contributed by atoms with E-state index in [2.05, 4.69) is 46.3 Å². The van der Waals surface area contributed by atoms with Gasteiger partial charge in [0.2, 0.25) is 5.91 Å². The van der Waals surface area contributed by atoms with Crippen LogP contribution in [0.5, 0.6) is 5.75 Å². The van der Waals surface area contributed by atoms with E-state index < -0.39 is 0 Å². The molecule has 26 heavy (non-hydrogen) atoms. The smallest absolute Gasteiger partial charge is 0.241 e. The fourth-order valence-electron chi connectivity index (χ4n) is 3.38. The number of carbonyl (C=O) groups excluding carboxylic acids is 1. The number of rotatable bonds is 5. The Hall–Kier alpha value is -2.53. The maximum absolute atomic E-state index is 12.6. The molecule has 138 valence electrons. The molecule has 0 radical (unpaired) electrons. The number of methoxy groups -OCH3 is 1. The van der Waals surface area contributed by atoms with Gasteiger partial charge in [-0.3, -0.25) is 9.69 Å². The Morgan fingerprint density at radius 3 is 2.50 bits per heavy atom. The summed E-state index contributed by atoms with van der Waals surface area (Å²) in [7, 11) is 1.62. The van der Waals surface area contributed by atoms with Crippen molar-refractivity contribution < 1.29 is 9.53 Å². The summed E-state index contributed by atoms with van der Waals surface area (Å²) in [5, 5.41) is 2.99. The van der Waals surface area contributed by atoms with E-state index >= 15 is 0 Å².